The number of aryl methyl sites for hydroxylation is 1. The Balaban J connectivity index is 1.85. The van der Waals surface area contributed by atoms with E-state index in [1.165, 1.54) is 11.1 Å². The van der Waals surface area contributed by atoms with Gasteiger partial charge in [0.25, 0.3) is 0 Å². The highest BCUT2D eigenvalue weighted by atomic mass is 16.1. The van der Waals surface area contributed by atoms with Gasteiger partial charge in [-0.05, 0) is 37.0 Å². The Kier molecular flexibility index (Phi) is 3.55. The number of Topliss-reactive ketones (excluding diaryl/α,β-unsaturated/α-hetero) is 1. The minimum atomic E-state index is 0.217. The fraction of sp³-hybridized carbons (Fsp3) is 0.278. The first-order chi connectivity index (χ1) is 9.74. The average Bonchev–Trinajstić information content (AvgIpc) is 2.49. The quantitative estimate of drug-likeness (QED) is 0.856. The van der Waals surface area contributed by atoms with Crippen LogP contribution in [0.4, 0.5) is 5.69 Å². The number of carbonyl (C=O) groups is 1. The molecule has 0 amide bonds. The van der Waals surface area contributed by atoms with E-state index < -0.39 is 0 Å². The number of carbonyl (C=O) groups excluding carboxylic acids is 1. The van der Waals surface area contributed by atoms with Crippen LogP contribution in [-0.2, 0) is 12.8 Å². The Morgan fingerprint density at radius 1 is 1.15 bits per heavy atom. The predicted octanol–water partition coefficient (Wildman–Crippen LogP) is 3.78. The normalized spacial score (nSPS) is 13.4. The van der Waals surface area contributed by atoms with Gasteiger partial charge in [0.1, 0.15) is 0 Å². The predicted molar refractivity (Wildman–Crippen MR) is 82.5 cm³/mol. The Morgan fingerprint density at radius 3 is 2.75 bits per heavy atom. The maximum absolute atomic E-state index is 12.5. The van der Waals surface area contributed by atoms with Crippen LogP contribution in [-0.4, -0.2) is 12.3 Å². The lowest BCUT2D eigenvalue weighted by Crippen LogP contribution is -2.16. The van der Waals surface area contributed by atoms with Gasteiger partial charge >= 0.3 is 0 Å². The van der Waals surface area contributed by atoms with Crippen LogP contribution in [0.3, 0.4) is 0 Å². The van der Waals surface area contributed by atoms with Gasteiger partial charge in [-0.1, -0.05) is 42.0 Å². The van der Waals surface area contributed by atoms with Gasteiger partial charge in [-0.15, -0.1) is 0 Å². The number of benzene rings is 2. The van der Waals surface area contributed by atoms with E-state index in [2.05, 4.69) is 30.4 Å². The molecule has 0 saturated heterocycles. The van der Waals surface area contributed by atoms with Gasteiger partial charge in [0, 0.05) is 24.2 Å². The van der Waals surface area contributed by atoms with Crippen molar-refractivity contribution in [3.05, 3.63) is 64.7 Å². The molecule has 3 rings (SSSR count). The maximum Gasteiger partial charge on any atom is 0.167 e. The molecule has 0 bridgehead atoms. The van der Waals surface area contributed by atoms with Gasteiger partial charge in [-0.2, -0.15) is 0 Å². The Labute approximate surface area is 119 Å². The van der Waals surface area contributed by atoms with Crippen LogP contribution in [0.5, 0.6) is 0 Å². The molecule has 2 aromatic rings. The monoisotopic (exact) mass is 265 g/mol. The zero-order valence-electron chi connectivity index (χ0n) is 11.8. The van der Waals surface area contributed by atoms with Crippen molar-refractivity contribution in [2.24, 2.45) is 0 Å². The van der Waals surface area contributed by atoms with E-state index in [1.807, 2.05) is 24.3 Å². The molecule has 0 aromatic heterocycles. The number of hydrogen-bond donors (Lipinski definition) is 1. The van der Waals surface area contributed by atoms with Gasteiger partial charge in [-0.25, -0.2) is 0 Å². The lowest BCUT2D eigenvalue weighted by Gasteiger charge is -2.20. The molecule has 0 atom stereocenters. The summed E-state index contributed by atoms with van der Waals surface area (Å²) in [6.45, 7) is 3.06. The summed E-state index contributed by atoms with van der Waals surface area (Å²) in [6.07, 6.45) is 2.58. The summed E-state index contributed by atoms with van der Waals surface area (Å²) < 4.78 is 0. The molecule has 20 heavy (non-hydrogen) atoms. The molecule has 0 aliphatic carbocycles. The van der Waals surface area contributed by atoms with Gasteiger partial charge < -0.3 is 5.32 Å². The van der Waals surface area contributed by atoms with Crippen molar-refractivity contribution in [3.8, 4) is 0 Å². The van der Waals surface area contributed by atoms with E-state index in [0.717, 1.165) is 36.2 Å². The second-order valence-corrected chi connectivity index (χ2v) is 5.45. The van der Waals surface area contributed by atoms with Crippen molar-refractivity contribution in [2.45, 2.75) is 26.2 Å². The zero-order chi connectivity index (χ0) is 13.9. The van der Waals surface area contributed by atoms with Gasteiger partial charge in [0.05, 0.1) is 0 Å². The highest BCUT2D eigenvalue weighted by Crippen LogP contribution is 2.26. The first kappa shape index (κ1) is 12.9. The fourth-order valence-electron chi connectivity index (χ4n) is 2.76. The number of fused-ring (bicyclic) bond motifs is 1. The molecule has 1 N–H and O–H groups in total. The van der Waals surface area contributed by atoms with Crippen LogP contribution in [0.15, 0.2) is 42.5 Å². The summed E-state index contributed by atoms with van der Waals surface area (Å²) in [5.41, 5.74) is 5.52. The smallest absolute Gasteiger partial charge is 0.167 e. The highest BCUT2D eigenvalue weighted by molar-refractivity contribution is 6.00. The van der Waals surface area contributed by atoms with E-state index in [4.69, 9.17) is 0 Å². The molecule has 2 nitrogen and oxygen atoms in total. The van der Waals surface area contributed by atoms with Crippen LogP contribution in [0.25, 0.3) is 0 Å². The SMILES string of the molecule is Cc1ccc(CC(=O)c2cccc3c2CCCN3)cc1. The Bertz CT molecular complexity index is 628. The van der Waals surface area contributed by atoms with Crippen LogP contribution in [0, 0.1) is 6.92 Å². The minimum Gasteiger partial charge on any atom is -0.385 e. The molecule has 2 aromatic carbocycles. The summed E-state index contributed by atoms with van der Waals surface area (Å²) in [6, 6.07) is 14.2. The summed E-state index contributed by atoms with van der Waals surface area (Å²) >= 11 is 0. The van der Waals surface area contributed by atoms with E-state index in [9.17, 15) is 4.79 Å². The second-order valence-electron chi connectivity index (χ2n) is 5.45. The number of nitrogens with one attached hydrogen (secondary N) is 1. The molecular formula is C18H19NO. The first-order valence-corrected chi connectivity index (χ1v) is 7.18. The van der Waals surface area contributed by atoms with Crippen molar-refractivity contribution in [1.82, 2.24) is 0 Å². The molecular weight excluding hydrogens is 246 g/mol. The zero-order valence-corrected chi connectivity index (χ0v) is 11.8. The third-order valence-electron chi connectivity index (χ3n) is 3.88. The van der Waals surface area contributed by atoms with Gasteiger partial charge in [0.15, 0.2) is 5.78 Å². The first-order valence-electron chi connectivity index (χ1n) is 7.18. The number of rotatable bonds is 3. The number of ketones is 1. The molecule has 1 aliphatic rings. The van der Waals surface area contributed by atoms with E-state index in [1.54, 1.807) is 0 Å². The molecule has 0 fully saturated rings. The van der Waals surface area contributed by atoms with Crippen molar-refractivity contribution in [2.75, 3.05) is 11.9 Å². The molecule has 0 saturated carbocycles. The molecule has 0 spiro atoms. The van der Waals surface area contributed by atoms with Gasteiger partial charge in [0.2, 0.25) is 0 Å². The molecule has 1 heterocycles. The minimum absolute atomic E-state index is 0.217. The van der Waals surface area contributed by atoms with Crippen molar-refractivity contribution in [3.63, 3.8) is 0 Å². The third kappa shape index (κ3) is 2.60. The maximum atomic E-state index is 12.5. The summed E-state index contributed by atoms with van der Waals surface area (Å²) in [5, 5.41) is 3.38. The molecule has 0 unspecified atom stereocenters. The second kappa shape index (κ2) is 5.49. The van der Waals surface area contributed by atoms with Crippen molar-refractivity contribution < 1.29 is 4.79 Å². The third-order valence-corrected chi connectivity index (χ3v) is 3.88. The van der Waals surface area contributed by atoms with Crippen molar-refractivity contribution >= 4 is 11.5 Å². The Morgan fingerprint density at radius 2 is 1.95 bits per heavy atom. The number of hydrogen-bond acceptors (Lipinski definition) is 2. The highest BCUT2D eigenvalue weighted by Gasteiger charge is 2.17. The Hall–Kier alpha value is -2.09. The van der Waals surface area contributed by atoms with Crippen LogP contribution in [0.1, 0.15) is 33.5 Å². The molecule has 0 radical (unpaired) electrons. The lowest BCUT2D eigenvalue weighted by atomic mass is 9.92. The average molecular weight is 265 g/mol. The summed E-state index contributed by atoms with van der Waals surface area (Å²) in [5.74, 6) is 0.217. The topological polar surface area (TPSA) is 29.1 Å². The van der Waals surface area contributed by atoms with Crippen LogP contribution >= 0.6 is 0 Å². The van der Waals surface area contributed by atoms with Gasteiger partial charge in [-0.3, -0.25) is 4.79 Å². The van der Waals surface area contributed by atoms with E-state index in [-0.39, 0.29) is 5.78 Å². The lowest BCUT2D eigenvalue weighted by molar-refractivity contribution is 0.0992. The molecule has 2 heteroatoms. The largest absolute Gasteiger partial charge is 0.385 e. The summed E-state index contributed by atoms with van der Waals surface area (Å²) in [7, 11) is 0. The van der Waals surface area contributed by atoms with Crippen LogP contribution < -0.4 is 5.32 Å². The van der Waals surface area contributed by atoms with Crippen molar-refractivity contribution in [1.29, 1.82) is 0 Å². The summed E-state index contributed by atoms with van der Waals surface area (Å²) in [4.78, 5) is 12.5. The van der Waals surface area contributed by atoms with E-state index >= 15 is 0 Å². The molecule has 1 aliphatic heterocycles. The standard InChI is InChI=1S/C18H19NO/c1-13-7-9-14(10-8-13)12-18(20)16-4-2-6-17-15(16)5-3-11-19-17/h2,4,6-10,19H,3,5,11-12H2,1H3. The molecule has 102 valence electrons. The van der Waals surface area contributed by atoms with Crippen LogP contribution in [0.2, 0.25) is 0 Å². The fourth-order valence-corrected chi connectivity index (χ4v) is 2.76. The van der Waals surface area contributed by atoms with E-state index in [0.29, 0.717) is 6.42 Å². The number of anilines is 1.